The standard InChI is InChI=1S/C11H14F3NO3/c1-10(2,9(17)18)8(16)15-5-3-7(4-6-15)11(12,13)14/h3H,4-6H2,1-2H3,(H,17,18). The van der Waals surface area contributed by atoms with Crippen molar-refractivity contribution < 1.29 is 27.9 Å². The zero-order valence-corrected chi connectivity index (χ0v) is 10.0. The molecule has 1 rings (SSSR count). The number of carboxylic acids is 1. The highest BCUT2D eigenvalue weighted by atomic mass is 19.4. The minimum atomic E-state index is -4.38. The summed E-state index contributed by atoms with van der Waals surface area (Å²) in [6, 6.07) is 0. The Labute approximate surface area is 102 Å². The SMILES string of the molecule is CC(C)(C(=O)O)C(=O)N1CC=C(C(F)(F)F)CC1. The number of alkyl halides is 3. The Morgan fingerprint density at radius 1 is 1.33 bits per heavy atom. The molecule has 0 radical (unpaired) electrons. The van der Waals surface area contributed by atoms with Crippen molar-refractivity contribution in [2.75, 3.05) is 13.1 Å². The lowest BCUT2D eigenvalue weighted by Gasteiger charge is -2.32. The lowest BCUT2D eigenvalue weighted by atomic mass is 9.91. The molecule has 1 aliphatic heterocycles. The fourth-order valence-corrected chi connectivity index (χ4v) is 1.60. The van der Waals surface area contributed by atoms with Gasteiger partial charge in [-0.05, 0) is 20.3 Å². The normalized spacial score (nSPS) is 17.4. The molecule has 4 nitrogen and oxygen atoms in total. The zero-order chi connectivity index (χ0) is 14.1. The van der Waals surface area contributed by atoms with E-state index in [-0.39, 0.29) is 19.5 Å². The van der Waals surface area contributed by atoms with Crippen LogP contribution in [0.25, 0.3) is 0 Å². The first kappa shape index (κ1) is 14.5. The lowest BCUT2D eigenvalue weighted by Crippen LogP contribution is -2.47. The zero-order valence-electron chi connectivity index (χ0n) is 10.0. The summed E-state index contributed by atoms with van der Waals surface area (Å²) in [6.45, 7) is 2.16. The van der Waals surface area contributed by atoms with E-state index in [0.29, 0.717) is 0 Å². The summed E-state index contributed by atoms with van der Waals surface area (Å²) < 4.78 is 37.1. The van der Waals surface area contributed by atoms with Crippen LogP contribution in [0, 0.1) is 5.41 Å². The minimum Gasteiger partial charge on any atom is -0.480 e. The third kappa shape index (κ3) is 2.83. The van der Waals surface area contributed by atoms with E-state index < -0.39 is 29.0 Å². The fraction of sp³-hybridized carbons (Fsp3) is 0.636. The maximum atomic E-state index is 12.4. The smallest absolute Gasteiger partial charge is 0.412 e. The van der Waals surface area contributed by atoms with Crippen molar-refractivity contribution in [3.8, 4) is 0 Å². The Morgan fingerprint density at radius 2 is 1.89 bits per heavy atom. The predicted molar refractivity (Wildman–Crippen MR) is 56.8 cm³/mol. The number of carbonyl (C=O) groups is 2. The summed E-state index contributed by atoms with van der Waals surface area (Å²) in [5.74, 6) is -1.97. The summed E-state index contributed by atoms with van der Waals surface area (Å²) >= 11 is 0. The second kappa shape index (κ2) is 4.62. The van der Waals surface area contributed by atoms with Crippen LogP contribution in [0.15, 0.2) is 11.6 Å². The third-order valence-corrected chi connectivity index (χ3v) is 2.93. The molecule has 0 spiro atoms. The topological polar surface area (TPSA) is 57.6 Å². The van der Waals surface area contributed by atoms with Gasteiger partial charge in [0.2, 0.25) is 5.91 Å². The van der Waals surface area contributed by atoms with Crippen LogP contribution in [0.1, 0.15) is 20.3 Å². The molecule has 102 valence electrons. The molecule has 0 aliphatic carbocycles. The van der Waals surface area contributed by atoms with E-state index in [9.17, 15) is 22.8 Å². The molecule has 0 aromatic carbocycles. The molecule has 0 aromatic heterocycles. The van der Waals surface area contributed by atoms with Crippen molar-refractivity contribution in [3.63, 3.8) is 0 Å². The lowest BCUT2D eigenvalue weighted by molar-refractivity contribution is -0.158. The van der Waals surface area contributed by atoms with Crippen LogP contribution < -0.4 is 0 Å². The number of nitrogens with zero attached hydrogens (tertiary/aromatic N) is 1. The Bertz CT molecular complexity index is 399. The van der Waals surface area contributed by atoms with Gasteiger partial charge in [-0.15, -0.1) is 0 Å². The van der Waals surface area contributed by atoms with Crippen LogP contribution >= 0.6 is 0 Å². The van der Waals surface area contributed by atoms with Crippen molar-refractivity contribution in [1.82, 2.24) is 4.90 Å². The molecule has 0 unspecified atom stereocenters. The maximum absolute atomic E-state index is 12.4. The van der Waals surface area contributed by atoms with Gasteiger partial charge in [-0.3, -0.25) is 9.59 Å². The van der Waals surface area contributed by atoms with Gasteiger partial charge in [-0.2, -0.15) is 13.2 Å². The molecule has 0 atom stereocenters. The number of amides is 1. The van der Waals surface area contributed by atoms with Gasteiger partial charge in [-0.1, -0.05) is 6.08 Å². The van der Waals surface area contributed by atoms with Crippen LogP contribution in [0.5, 0.6) is 0 Å². The van der Waals surface area contributed by atoms with E-state index in [1.165, 1.54) is 13.8 Å². The summed E-state index contributed by atoms with van der Waals surface area (Å²) in [5.41, 5.74) is -2.29. The van der Waals surface area contributed by atoms with Crippen LogP contribution in [0.2, 0.25) is 0 Å². The maximum Gasteiger partial charge on any atom is 0.412 e. The van der Waals surface area contributed by atoms with Crippen molar-refractivity contribution in [2.45, 2.75) is 26.4 Å². The molecule has 0 saturated carbocycles. The van der Waals surface area contributed by atoms with E-state index in [0.717, 1.165) is 11.0 Å². The van der Waals surface area contributed by atoms with Gasteiger partial charge < -0.3 is 10.0 Å². The monoisotopic (exact) mass is 265 g/mol. The summed E-state index contributed by atoms with van der Waals surface area (Å²) in [5, 5.41) is 8.88. The average Bonchev–Trinajstić information content (AvgIpc) is 2.26. The van der Waals surface area contributed by atoms with E-state index in [1.807, 2.05) is 0 Å². The number of aliphatic carboxylic acids is 1. The van der Waals surface area contributed by atoms with E-state index >= 15 is 0 Å². The Hall–Kier alpha value is -1.53. The van der Waals surface area contributed by atoms with Crippen LogP contribution in [-0.4, -0.2) is 41.1 Å². The highest BCUT2D eigenvalue weighted by Gasteiger charge is 2.41. The molecule has 1 N–H and O–H groups in total. The number of rotatable bonds is 2. The molecule has 1 amide bonds. The second-order valence-electron chi connectivity index (χ2n) is 4.66. The quantitative estimate of drug-likeness (QED) is 0.612. The Kier molecular flexibility index (Phi) is 3.73. The largest absolute Gasteiger partial charge is 0.480 e. The molecular weight excluding hydrogens is 251 g/mol. The number of hydrogen-bond donors (Lipinski definition) is 1. The first-order valence-corrected chi connectivity index (χ1v) is 5.36. The average molecular weight is 265 g/mol. The van der Waals surface area contributed by atoms with Gasteiger partial charge in [-0.25, -0.2) is 0 Å². The third-order valence-electron chi connectivity index (χ3n) is 2.93. The summed E-state index contributed by atoms with van der Waals surface area (Å²) in [7, 11) is 0. The van der Waals surface area contributed by atoms with Crippen molar-refractivity contribution in [1.29, 1.82) is 0 Å². The number of carbonyl (C=O) groups excluding carboxylic acids is 1. The molecule has 0 saturated heterocycles. The first-order chi connectivity index (χ1) is 8.06. The van der Waals surface area contributed by atoms with Crippen LogP contribution in [-0.2, 0) is 9.59 Å². The number of halogens is 3. The molecule has 0 fully saturated rings. The van der Waals surface area contributed by atoms with Gasteiger partial charge in [0.15, 0.2) is 0 Å². The highest BCUT2D eigenvalue weighted by molar-refractivity contribution is 6.01. The van der Waals surface area contributed by atoms with Crippen molar-refractivity contribution in [2.24, 2.45) is 5.41 Å². The molecule has 7 heteroatoms. The second-order valence-corrected chi connectivity index (χ2v) is 4.66. The Morgan fingerprint density at radius 3 is 2.22 bits per heavy atom. The summed E-state index contributed by atoms with van der Waals surface area (Å²) in [6.07, 6.45) is -3.75. The molecule has 1 aliphatic rings. The summed E-state index contributed by atoms with van der Waals surface area (Å²) in [4.78, 5) is 23.9. The van der Waals surface area contributed by atoms with Crippen molar-refractivity contribution in [3.05, 3.63) is 11.6 Å². The highest BCUT2D eigenvalue weighted by Crippen LogP contribution is 2.31. The van der Waals surface area contributed by atoms with Crippen LogP contribution in [0.4, 0.5) is 13.2 Å². The molecule has 1 heterocycles. The van der Waals surface area contributed by atoms with E-state index in [2.05, 4.69) is 0 Å². The van der Waals surface area contributed by atoms with E-state index in [1.54, 1.807) is 0 Å². The van der Waals surface area contributed by atoms with Gasteiger partial charge in [0, 0.05) is 18.7 Å². The Balaban J connectivity index is 2.78. The van der Waals surface area contributed by atoms with Crippen LogP contribution in [0.3, 0.4) is 0 Å². The number of carboxylic acid groups (broad SMARTS) is 1. The van der Waals surface area contributed by atoms with Gasteiger partial charge in [0.1, 0.15) is 5.41 Å². The first-order valence-electron chi connectivity index (χ1n) is 5.36. The molecular formula is C11H14F3NO3. The fourth-order valence-electron chi connectivity index (χ4n) is 1.60. The molecule has 18 heavy (non-hydrogen) atoms. The van der Waals surface area contributed by atoms with E-state index in [4.69, 9.17) is 5.11 Å². The number of hydrogen-bond acceptors (Lipinski definition) is 2. The van der Waals surface area contributed by atoms with Crippen molar-refractivity contribution >= 4 is 11.9 Å². The minimum absolute atomic E-state index is 0.110. The van der Waals surface area contributed by atoms with Gasteiger partial charge in [0.05, 0.1) is 0 Å². The molecule has 0 bridgehead atoms. The predicted octanol–water partition coefficient (Wildman–Crippen LogP) is 1.82. The van der Waals surface area contributed by atoms with Gasteiger partial charge >= 0.3 is 12.1 Å². The van der Waals surface area contributed by atoms with Gasteiger partial charge in [0.25, 0.3) is 0 Å². The molecule has 0 aromatic rings.